The first-order chi connectivity index (χ1) is 10.8. The van der Waals surface area contributed by atoms with Crippen molar-refractivity contribution in [1.82, 2.24) is 15.4 Å². The molecule has 116 valence electrons. The number of carbonyl (C=O) groups is 1. The number of ether oxygens (including phenoxy) is 2. The van der Waals surface area contributed by atoms with Crippen molar-refractivity contribution in [2.24, 2.45) is 0 Å². The molecule has 3 rings (SSSR count). The highest BCUT2D eigenvalue weighted by atomic mass is 16.5. The number of nitrogens with one attached hydrogen (secondary N) is 1. The molecular weight excluding hydrogens is 284 g/mol. The smallest absolute Gasteiger partial charge is 0.361 e. The lowest BCUT2D eigenvalue weighted by atomic mass is 10.1. The normalized spacial score (nSPS) is 14.9. The molecule has 0 aliphatic carbocycles. The van der Waals surface area contributed by atoms with E-state index < -0.39 is 5.97 Å². The van der Waals surface area contributed by atoms with E-state index in [1.807, 2.05) is 24.3 Å². The predicted molar refractivity (Wildman–Crippen MR) is 80.8 cm³/mol. The van der Waals surface area contributed by atoms with Crippen LogP contribution in [0.3, 0.4) is 0 Å². The summed E-state index contributed by atoms with van der Waals surface area (Å²) in [5.74, 6) is -0.469. The number of benzene rings is 1. The zero-order valence-corrected chi connectivity index (χ0v) is 12.4. The van der Waals surface area contributed by atoms with Crippen LogP contribution in [0.5, 0.6) is 0 Å². The second-order valence-corrected chi connectivity index (χ2v) is 4.89. The molecule has 0 saturated carbocycles. The number of aromatic nitrogens is 3. The lowest BCUT2D eigenvalue weighted by molar-refractivity contribution is 0.0520. The second-order valence-electron chi connectivity index (χ2n) is 4.89. The molecule has 0 amide bonds. The third-order valence-electron chi connectivity index (χ3n) is 3.53. The number of rotatable bonds is 4. The molecule has 7 heteroatoms. The SMILES string of the molecule is CCOC(=O)c1n[nH]nc1-c1ccc(N2CCOCC2)cc1. The fourth-order valence-corrected chi connectivity index (χ4v) is 2.43. The third kappa shape index (κ3) is 2.94. The van der Waals surface area contributed by atoms with Gasteiger partial charge in [-0.3, -0.25) is 0 Å². The summed E-state index contributed by atoms with van der Waals surface area (Å²) in [6.45, 7) is 5.33. The van der Waals surface area contributed by atoms with Gasteiger partial charge in [-0.05, 0) is 19.1 Å². The molecule has 1 aromatic carbocycles. The first kappa shape index (κ1) is 14.5. The van der Waals surface area contributed by atoms with E-state index in [2.05, 4.69) is 20.3 Å². The summed E-state index contributed by atoms with van der Waals surface area (Å²) in [6.07, 6.45) is 0. The Morgan fingerprint density at radius 1 is 1.27 bits per heavy atom. The van der Waals surface area contributed by atoms with Crippen LogP contribution in [0.25, 0.3) is 11.3 Å². The maximum atomic E-state index is 11.8. The largest absolute Gasteiger partial charge is 0.461 e. The Balaban J connectivity index is 1.81. The minimum atomic E-state index is -0.469. The standard InChI is InChI=1S/C15H18N4O3/c1-2-22-15(20)14-13(16-18-17-14)11-3-5-12(6-4-11)19-7-9-21-10-8-19/h3-6H,2,7-10H2,1H3,(H,16,17,18). The highest BCUT2D eigenvalue weighted by Gasteiger charge is 2.19. The molecule has 1 saturated heterocycles. The van der Waals surface area contributed by atoms with Crippen molar-refractivity contribution in [2.45, 2.75) is 6.92 Å². The number of carbonyl (C=O) groups excluding carboxylic acids is 1. The summed E-state index contributed by atoms with van der Waals surface area (Å²) in [7, 11) is 0. The molecule has 1 N–H and O–H groups in total. The van der Waals surface area contributed by atoms with Crippen LogP contribution < -0.4 is 4.90 Å². The van der Waals surface area contributed by atoms with Gasteiger partial charge in [-0.1, -0.05) is 12.1 Å². The van der Waals surface area contributed by atoms with Crippen molar-refractivity contribution in [3.8, 4) is 11.3 Å². The van der Waals surface area contributed by atoms with Crippen molar-refractivity contribution in [1.29, 1.82) is 0 Å². The van der Waals surface area contributed by atoms with E-state index in [1.54, 1.807) is 6.92 Å². The third-order valence-corrected chi connectivity index (χ3v) is 3.53. The van der Waals surface area contributed by atoms with E-state index in [1.165, 1.54) is 0 Å². The maximum absolute atomic E-state index is 11.8. The molecule has 2 heterocycles. The van der Waals surface area contributed by atoms with Crippen LogP contribution in [0.1, 0.15) is 17.4 Å². The summed E-state index contributed by atoms with van der Waals surface area (Å²) in [5, 5.41) is 10.4. The fraction of sp³-hybridized carbons (Fsp3) is 0.400. The Kier molecular flexibility index (Phi) is 4.34. The van der Waals surface area contributed by atoms with Gasteiger partial charge in [0.2, 0.25) is 0 Å². The zero-order valence-electron chi connectivity index (χ0n) is 12.4. The number of hydrogen-bond acceptors (Lipinski definition) is 6. The second kappa shape index (κ2) is 6.57. The Labute approximate surface area is 128 Å². The van der Waals surface area contributed by atoms with Gasteiger partial charge >= 0.3 is 5.97 Å². The topological polar surface area (TPSA) is 80.3 Å². The van der Waals surface area contributed by atoms with E-state index >= 15 is 0 Å². The summed E-state index contributed by atoms with van der Waals surface area (Å²) in [6, 6.07) is 7.91. The Bertz CT molecular complexity index is 632. The highest BCUT2D eigenvalue weighted by Crippen LogP contribution is 2.24. The monoisotopic (exact) mass is 302 g/mol. The zero-order chi connectivity index (χ0) is 15.4. The van der Waals surface area contributed by atoms with Crippen LogP contribution in [-0.2, 0) is 9.47 Å². The summed E-state index contributed by atoms with van der Waals surface area (Å²) < 4.78 is 10.3. The molecule has 0 spiro atoms. The van der Waals surface area contributed by atoms with E-state index in [0.29, 0.717) is 12.3 Å². The van der Waals surface area contributed by atoms with Crippen LogP contribution in [-0.4, -0.2) is 54.3 Å². The van der Waals surface area contributed by atoms with Crippen LogP contribution in [0, 0.1) is 0 Å². The van der Waals surface area contributed by atoms with Crippen molar-refractivity contribution in [3.63, 3.8) is 0 Å². The summed E-state index contributed by atoms with van der Waals surface area (Å²) in [4.78, 5) is 14.1. The van der Waals surface area contributed by atoms with Gasteiger partial charge in [0.1, 0.15) is 5.69 Å². The van der Waals surface area contributed by atoms with Gasteiger partial charge < -0.3 is 14.4 Å². The van der Waals surface area contributed by atoms with Gasteiger partial charge in [0.15, 0.2) is 5.69 Å². The lowest BCUT2D eigenvalue weighted by Crippen LogP contribution is -2.36. The van der Waals surface area contributed by atoms with Crippen molar-refractivity contribution in [3.05, 3.63) is 30.0 Å². The first-order valence-electron chi connectivity index (χ1n) is 7.30. The van der Waals surface area contributed by atoms with Crippen LogP contribution in [0.15, 0.2) is 24.3 Å². The van der Waals surface area contributed by atoms with Gasteiger partial charge in [-0.25, -0.2) is 4.79 Å². The molecule has 2 aromatic rings. The molecule has 1 aromatic heterocycles. The number of esters is 1. The number of morpholine rings is 1. The van der Waals surface area contributed by atoms with E-state index in [9.17, 15) is 4.79 Å². The van der Waals surface area contributed by atoms with E-state index in [4.69, 9.17) is 9.47 Å². The van der Waals surface area contributed by atoms with E-state index in [0.717, 1.165) is 37.6 Å². The average Bonchev–Trinajstić information content (AvgIpc) is 3.06. The quantitative estimate of drug-likeness (QED) is 0.862. The Hall–Kier alpha value is -2.41. The number of nitrogens with zero attached hydrogens (tertiary/aromatic N) is 3. The molecule has 0 bridgehead atoms. The molecule has 0 atom stereocenters. The minimum Gasteiger partial charge on any atom is -0.461 e. The Morgan fingerprint density at radius 3 is 2.68 bits per heavy atom. The van der Waals surface area contributed by atoms with Gasteiger partial charge in [0, 0.05) is 24.3 Å². The molecule has 1 aliphatic heterocycles. The van der Waals surface area contributed by atoms with Crippen molar-refractivity contribution >= 4 is 11.7 Å². The van der Waals surface area contributed by atoms with E-state index in [-0.39, 0.29) is 5.69 Å². The van der Waals surface area contributed by atoms with Crippen LogP contribution in [0.2, 0.25) is 0 Å². The van der Waals surface area contributed by atoms with Gasteiger partial charge in [0.25, 0.3) is 0 Å². The van der Waals surface area contributed by atoms with Crippen molar-refractivity contribution < 1.29 is 14.3 Å². The number of aromatic amines is 1. The molecular formula is C15H18N4O3. The van der Waals surface area contributed by atoms with Gasteiger partial charge in [0.05, 0.1) is 19.8 Å². The lowest BCUT2D eigenvalue weighted by Gasteiger charge is -2.28. The van der Waals surface area contributed by atoms with Gasteiger partial charge in [-0.2, -0.15) is 10.3 Å². The summed E-state index contributed by atoms with van der Waals surface area (Å²) >= 11 is 0. The molecule has 0 radical (unpaired) electrons. The number of hydrogen-bond donors (Lipinski definition) is 1. The predicted octanol–water partition coefficient (Wildman–Crippen LogP) is 1.48. The molecule has 1 aliphatic rings. The van der Waals surface area contributed by atoms with Crippen LogP contribution >= 0.6 is 0 Å². The first-order valence-corrected chi connectivity index (χ1v) is 7.30. The molecule has 7 nitrogen and oxygen atoms in total. The Morgan fingerprint density at radius 2 is 2.00 bits per heavy atom. The maximum Gasteiger partial charge on any atom is 0.361 e. The van der Waals surface area contributed by atoms with Crippen molar-refractivity contribution in [2.75, 3.05) is 37.8 Å². The summed E-state index contributed by atoms with van der Waals surface area (Å²) in [5.41, 5.74) is 2.68. The number of anilines is 1. The minimum absolute atomic E-state index is 0.209. The average molecular weight is 302 g/mol. The molecule has 1 fully saturated rings. The highest BCUT2D eigenvalue weighted by molar-refractivity contribution is 5.93. The van der Waals surface area contributed by atoms with Gasteiger partial charge in [-0.15, -0.1) is 5.10 Å². The van der Waals surface area contributed by atoms with Crippen LogP contribution in [0.4, 0.5) is 5.69 Å². The fourth-order valence-electron chi connectivity index (χ4n) is 2.43. The molecule has 22 heavy (non-hydrogen) atoms. The molecule has 0 unspecified atom stereocenters. The number of H-pyrrole nitrogens is 1.